The fourth-order valence-corrected chi connectivity index (χ4v) is 7.87. The Bertz CT molecular complexity index is 2270. The van der Waals surface area contributed by atoms with Crippen LogP contribution in [0.25, 0.3) is 11.1 Å². The van der Waals surface area contributed by atoms with E-state index < -0.39 is 33.5 Å². The Hall–Kier alpha value is -7.20. The molecule has 2 aromatic rings. The molecule has 14 nitrogen and oxygen atoms in total. The van der Waals surface area contributed by atoms with Gasteiger partial charge in [-0.25, -0.2) is 0 Å². The molecule has 4 aliphatic rings. The topological polar surface area (TPSA) is 310 Å². The van der Waals surface area contributed by atoms with Crippen molar-refractivity contribution < 1.29 is 62.1 Å². The van der Waals surface area contributed by atoms with Gasteiger partial charge in [0.2, 0.25) is 0 Å². The van der Waals surface area contributed by atoms with Gasteiger partial charge in [0.05, 0.1) is 48.6 Å². The second-order valence-corrected chi connectivity index (χ2v) is 12.5. The minimum atomic E-state index is -1.65. The predicted molar refractivity (Wildman–Crippen MR) is 198 cm³/mol. The van der Waals surface area contributed by atoms with E-state index >= 15 is 0 Å². The van der Waals surface area contributed by atoms with Gasteiger partial charge in [-0.1, -0.05) is 97.1 Å². The summed E-state index contributed by atoms with van der Waals surface area (Å²) in [4.78, 5) is 0. The van der Waals surface area contributed by atoms with Crippen LogP contribution in [-0.4, -0.2) is 0 Å². The van der Waals surface area contributed by atoms with E-state index in [0.717, 1.165) is 22.3 Å². The molecule has 4 atom stereocenters. The second-order valence-electron chi connectivity index (χ2n) is 12.5. The molecular formula is C46H28Fe2N8O6. The van der Waals surface area contributed by atoms with E-state index in [9.17, 15) is 42.1 Å². The number of fused-ring (bicyclic) bond motifs is 4. The van der Waals surface area contributed by atoms with Crippen LogP contribution in [-0.2, 0) is 62.1 Å². The number of nitriles is 8. The minimum absolute atomic E-state index is 0. The average Bonchev–Trinajstić information content (AvgIpc) is 3.79. The Morgan fingerprint density at radius 3 is 1.16 bits per heavy atom. The number of hydrogen-bond acceptors (Lipinski definition) is 8. The SMILES string of the molecule is N#CC1(C#N)C2/C=C(c3ccccc3)\C=C/CC(C2)C1(C#N)C#N.N#CC1(C#N)C2/C=C\C(c3ccccc3)=C/CC(C2)C1(C#N)C#N.[C-]#[O+].[C-]#[O+].[C-]#[O+].[C-]#[O+].[C-]#[O+].[C-]#[O+].[Fe].[Fe]. The first-order valence-corrected chi connectivity index (χ1v) is 16.7. The standard InChI is InChI=1S/2C20H14N4.6CO.2Fe/c21-11-19(12-22)17-8-4-7-16(15-5-2-1-3-6-15)9-18(10-17)20(19,13-23)14-24;21-11-19(12-22)17-8-6-16(15-4-2-1-3-5-15)7-9-18(10-17)20(19,13-23)14-24;6*1-2;;/h1-7,9,17-18H,8,10H2;1-8,17-18H,9-10H2;;;;;;;;/b7-4-,16-9+;8-6-,16-7+;;;;;;;;. The fraction of sp³-hybridized carbons (Fsp3) is 0.261. The van der Waals surface area contributed by atoms with Crippen LogP contribution < -0.4 is 0 Å². The Balaban J connectivity index is -0.000000426. The van der Waals surface area contributed by atoms with Gasteiger partial charge in [0.15, 0.2) is 21.7 Å². The Kier molecular flexibility index (Phi) is 31.4. The van der Waals surface area contributed by atoms with Gasteiger partial charge in [0, 0.05) is 46.0 Å². The molecule has 0 heterocycles. The molecule has 0 radical (unpaired) electrons. The van der Waals surface area contributed by atoms with Crippen LogP contribution in [0.2, 0.25) is 0 Å². The summed E-state index contributed by atoms with van der Waals surface area (Å²) in [5.41, 5.74) is -2.55. The van der Waals surface area contributed by atoms with Crippen LogP contribution in [0, 0.1) is 176 Å². The van der Waals surface area contributed by atoms with Crippen LogP contribution in [0.3, 0.4) is 0 Å². The largest absolute Gasteiger partial charge is 0 e. The van der Waals surface area contributed by atoms with Crippen molar-refractivity contribution in [1.82, 2.24) is 0 Å². The van der Waals surface area contributed by atoms with Crippen molar-refractivity contribution in [3.05, 3.63) is 148 Å². The molecule has 2 fully saturated rings. The molecule has 2 aromatic carbocycles. The zero-order valence-corrected chi connectivity index (χ0v) is 34.3. The van der Waals surface area contributed by atoms with Gasteiger partial charge in [0.1, 0.15) is 0 Å². The van der Waals surface area contributed by atoms with E-state index in [2.05, 4.69) is 39.9 Å². The molecule has 0 N–H and O–H groups in total. The summed E-state index contributed by atoms with van der Waals surface area (Å²) in [5.74, 6) is -1.52. The molecule has 4 unspecified atom stereocenters. The zero-order valence-electron chi connectivity index (χ0n) is 32.1. The Morgan fingerprint density at radius 1 is 0.435 bits per heavy atom. The minimum Gasteiger partial charge on any atom is 0 e. The molecular weight excluding hydrogens is 872 g/mol. The monoisotopic (exact) mass is 900 g/mol. The first-order chi connectivity index (χ1) is 29.3. The van der Waals surface area contributed by atoms with Crippen LogP contribution in [0.15, 0.2) is 97.1 Å². The summed E-state index contributed by atoms with van der Waals surface area (Å²) < 4.78 is 45.0. The number of hydrogen-bond donors (Lipinski definition) is 0. The number of rotatable bonds is 2. The molecule has 0 saturated heterocycles. The maximum Gasteiger partial charge on any atom is 0 e. The molecule has 0 spiro atoms. The van der Waals surface area contributed by atoms with Crippen LogP contribution in [0.5, 0.6) is 0 Å². The number of benzene rings is 2. The van der Waals surface area contributed by atoms with Gasteiger partial charge in [-0.05, 0) is 59.8 Å². The smallest absolute Gasteiger partial charge is 0 e. The van der Waals surface area contributed by atoms with E-state index in [1.165, 1.54) is 0 Å². The van der Waals surface area contributed by atoms with Crippen molar-refractivity contribution in [3.8, 4) is 48.6 Å². The van der Waals surface area contributed by atoms with Gasteiger partial charge in [-0.15, -0.1) is 0 Å². The summed E-state index contributed by atoms with van der Waals surface area (Å²) in [7, 11) is 0. The molecule has 16 heteroatoms. The van der Waals surface area contributed by atoms with Crippen LogP contribution in [0.1, 0.15) is 36.8 Å². The molecule has 0 aromatic heterocycles. The first kappa shape index (κ1) is 61.5. The van der Waals surface area contributed by atoms with E-state index in [-0.39, 0.29) is 46.0 Å². The molecule has 4 bridgehead atoms. The third-order valence-corrected chi connectivity index (χ3v) is 10.5. The van der Waals surface area contributed by atoms with E-state index in [0.29, 0.717) is 25.7 Å². The van der Waals surface area contributed by atoms with Gasteiger partial charge in [0.25, 0.3) is 0 Å². The summed E-state index contributed by atoms with van der Waals surface area (Å²) in [6.07, 6.45) is 13.5. The zero-order chi connectivity index (χ0) is 46.4. The summed E-state index contributed by atoms with van der Waals surface area (Å²) in [5, 5.41) is 77.8. The molecule has 4 aliphatic carbocycles. The number of nitrogens with zero attached hydrogens (tertiary/aromatic N) is 8. The van der Waals surface area contributed by atoms with Crippen molar-refractivity contribution in [2.45, 2.75) is 25.7 Å². The summed E-state index contributed by atoms with van der Waals surface area (Å²) >= 11 is 0. The normalized spacial score (nSPS) is 22.8. The summed E-state index contributed by atoms with van der Waals surface area (Å²) in [6.45, 7) is 27.0. The third kappa shape index (κ3) is 11.5. The Labute approximate surface area is 381 Å². The quantitative estimate of drug-likeness (QED) is 0.168. The number of allylic oxidation sites excluding steroid dienone is 8. The molecule has 0 amide bonds. The van der Waals surface area contributed by atoms with Gasteiger partial charge >= 0.3 is 67.8 Å². The molecule has 62 heavy (non-hydrogen) atoms. The van der Waals surface area contributed by atoms with Crippen molar-refractivity contribution in [2.24, 2.45) is 45.3 Å². The molecule has 0 aliphatic heterocycles. The van der Waals surface area contributed by atoms with Gasteiger partial charge in [-0.2, -0.15) is 42.1 Å². The van der Waals surface area contributed by atoms with Crippen molar-refractivity contribution >= 4 is 11.1 Å². The van der Waals surface area contributed by atoms with Gasteiger partial charge in [-0.3, -0.25) is 0 Å². The van der Waals surface area contributed by atoms with Crippen LogP contribution in [0.4, 0.5) is 0 Å². The van der Waals surface area contributed by atoms with Crippen molar-refractivity contribution in [1.29, 1.82) is 42.1 Å². The summed E-state index contributed by atoms with van der Waals surface area (Å²) in [6, 6.07) is 35.8. The average molecular weight is 900 g/mol. The second kappa shape index (κ2) is 31.7. The van der Waals surface area contributed by atoms with Gasteiger partial charge < -0.3 is 0 Å². The van der Waals surface area contributed by atoms with E-state index in [4.69, 9.17) is 27.9 Å². The van der Waals surface area contributed by atoms with Crippen molar-refractivity contribution in [3.63, 3.8) is 0 Å². The van der Waals surface area contributed by atoms with E-state index in [1.807, 2.05) is 146 Å². The molecule has 6 rings (SSSR count). The van der Waals surface area contributed by atoms with Crippen molar-refractivity contribution in [2.75, 3.05) is 0 Å². The maximum atomic E-state index is 9.78. The van der Waals surface area contributed by atoms with Crippen LogP contribution >= 0.6 is 0 Å². The Morgan fingerprint density at radius 2 is 0.774 bits per heavy atom. The fourth-order valence-electron chi connectivity index (χ4n) is 7.87. The van der Waals surface area contributed by atoms with E-state index in [1.54, 1.807) is 0 Å². The predicted octanol–water partition coefficient (Wildman–Crippen LogP) is 7.24. The molecule has 2 saturated carbocycles. The maximum absolute atomic E-state index is 9.78. The third-order valence-electron chi connectivity index (χ3n) is 10.5. The first-order valence-electron chi connectivity index (χ1n) is 16.7. The molecule has 304 valence electrons.